The first-order valence-electron chi connectivity index (χ1n) is 9.81. The Morgan fingerprint density at radius 1 is 1.13 bits per heavy atom. The minimum Gasteiger partial charge on any atom is -0.494 e. The van der Waals surface area contributed by atoms with Crippen molar-refractivity contribution < 1.29 is 32.6 Å². The number of nitrogens with one attached hydrogen (secondary N) is 1. The van der Waals surface area contributed by atoms with E-state index in [-0.39, 0.29) is 31.0 Å². The minimum atomic E-state index is -4.05. The lowest BCUT2D eigenvalue weighted by Gasteiger charge is -2.34. The van der Waals surface area contributed by atoms with E-state index in [0.717, 1.165) is 5.56 Å². The van der Waals surface area contributed by atoms with Crippen molar-refractivity contribution in [1.82, 2.24) is 15.4 Å². The van der Waals surface area contributed by atoms with E-state index in [1.54, 1.807) is 24.5 Å². The van der Waals surface area contributed by atoms with E-state index in [1.165, 1.54) is 23.9 Å². The smallest absolute Gasteiger partial charge is 0.265 e. The van der Waals surface area contributed by atoms with E-state index in [4.69, 9.17) is 19.4 Å². The predicted octanol–water partition coefficient (Wildman–Crippen LogP) is 1.29. The van der Waals surface area contributed by atoms with E-state index in [0.29, 0.717) is 32.0 Å². The Hall–Kier alpha value is -2.60. The summed E-state index contributed by atoms with van der Waals surface area (Å²) < 4.78 is 40.9. The fourth-order valence-electron chi connectivity index (χ4n) is 3.31. The van der Waals surface area contributed by atoms with Gasteiger partial charge in [-0.1, -0.05) is 0 Å². The zero-order chi connectivity index (χ0) is 22.2. The third-order valence-electron chi connectivity index (χ3n) is 5.05. The van der Waals surface area contributed by atoms with Crippen LogP contribution in [0.4, 0.5) is 0 Å². The van der Waals surface area contributed by atoms with Crippen LogP contribution in [0.3, 0.4) is 0 Å². The number of carbonyl (C=O) groups is 1. The van der Waals surface area contributed by atoms with Crippen LogP contribution in [-0.2, 0) is 30.7 Å². The first kappa shape index (κ1) is 23.1. The van der Waals surface area contributed by atoms with Crippen LogP contribution < -0.4 is 10.2 Å². The van der Waals surface area contributed by atoms with E-state index in [1.807, 2.05) is 0 Å². The van der Waals surface area contributed by atoms with Gasteiger partial charge < -0.3 is 14.2 Å². The molecule has 1 saturated heterocycles. The Labute approximate surface area is 180 Å². The lowest BCUT2D eigenvalue weighted by Crippen LogP contribution is -2.54. The van der Waals surface area contributed by atoms with Crippen molar-refractivity contribution in [2.45, 2.75) is 35.5 Å². The van der Waals surface area contributed by atoms with Crippen LogP contribution in [0.25, 0.3) is 0 Å². The van der Waals surface area contributed by atoms with Crippen molar-refractivity contribution in [2.24, 2.45) is 0 Å². The maximum atomic E-state index is 13.2. The Kier molecular flexibility index (Phi) is 7.91. The maximum absolute atomic E-state index is 13.2. The van der Waals surface area contributed by atoms with Gasteiger partial charge in [0.2, 0.25) is 0 Å². The molecule has 0 aliphatic carbocycles. The molecule has 1 aromatic carbocycles. The largest absolute Gasteiger partial charge is 0.494 e. The average molecular weight is 452 g/mol. The fourth-order valence-corrected chi connectivity index (χ4v) is 5.25. The molecule has 168 valence electrons. The van der Waals surface area contributed by atoms with E-state index >= 15 is 0 Å². The summed E-state index contributed by atoms with van der Waals surface area (Å²) >= 11 is 0. The average Bonchev–Trinajstić information content (AvgIpc) is 2.82. The van der Waals surface area contributed by atoms with Gasteiger partial charge in [0, 0.05) is 37.6 Å². The second kappa shape index (κ2) is 10.6. The number of rotatable bonds is 10. The second-order valence-corrected chi connectivity index (χ2v) is 9.28. The molecule has 0 saturated carbocycles. The number of carbonyl (C=O) groups excluding carboxylic acids is 1. The highest BCUT2D eigenvalue weighted by atomic mass is 32.2. The van der Waals surface area contributed by atoms with Crippen molar-refractivity contribution >= 4 is 15.7 Å². The lowest BCUT2D eigenvalue weighted by molar-refractivity contribution is -0.134. The second-order valence-electron chi connectivity index (χ2n) is 7.02. The van der Waals surface area contributed by atoms with Gasteiger partial charge in [0.15, 0.2) is 14.6 Å². The van der Waals surface area contributed by atoms with Gasteiger partial charge >= 0.3 is 0 Å². The first-order valence-corrected chi connectivity index (χ1v) is 11.3. The number of sulfone groups is 1. The summed E-state index contributed by atoms with van der Waals surface area (Å²) in [5.41, 5.74) is 2.39. The number of aromatic nitrogens is 2. The highest BCUT2D eigenvalue weighted by Crippen LogP contribution is 2.35. The Morgan fingerprint density at radius 2 is 1.81 bits per heavy atom. The SMILES string of the molecule is O=C(NO)C1(S(=O)(=O)c2ccc(OCCCOCc3cncnc3)cc2)CCOCC1. The minimum absolute atomic E-state index is 0.0150. The van der Waals surface area contributed by atoms with Crippen LogP contribution in [-0.4, -0.2) is 60.7 Å². The molecule has 0 unspecified atom stereocenters. The molecule has 1 aliphatic rings. The number of nitrogens with zero attached hydrogens (tertiary/aromatic N) is 2. The van der Waals surface area contributed by atoms with Crippen LogP contribution in [0.5, 0.6) is 5.75 Å². The molecule has 0 bridgehead atoms. The molecule has 1 fully saturated rings. The molecule has 2 aromatic rings. The van der Waals surface area contributed by atoms with Gasteiger partial charge in [0.25, 0.3) is 5.91 Å². The number of hydroxylamine groups is 1. The van der Waals surface area contributed by atoms with Crippen molar-refractivity contribution in [3.8, 4) is 5.75 Å². The van der Waals surface area contributed by atoms with Crippen LogP contribution in [0.1, 0.15) is 24.8 Å². The molecule has 3 rings (SSSR count). The highest BCUT2D eigenvalue weighted by Gasteiger charge is 2.52. The van der Waals surface area contributed by atoms with Crippen molar-refractivity contribution in [3.05, 3.63) is 48.5 Å². The maximum Gasteiger partial charge on any atom is 0.265 e. The van der Waals surface area contributed by atoms with Gasteiger partial charge in [-0.25, -0.2) is 23.9 Å². The van der Waals surface area contributed by atoms with Gasteiger partial charge in [-0.05, 0) is 37.1 Å². The Bertz CT molecular complexity index is 946. The van der Waals surface area contributed by atoms with Crippen molar-refractivity contribution in [1.29, 1.82) is 0 Å². The summed E-state index contributed by atoms with van der Waals surface area (Å²) in [6.45, 7) is 1.54. The molecule has 31 heavy (non-hydrogen) atoms. The van der Waals surface area contributed by atoms with Crippen LogP contribution in [0, 0.1) is 0 Å². The predicted molar refractivity (Wildman–Crippen MR) is 108 cm³/mol. The van der Waals surface area contributed by atoms with Crippen molar-refractivity contribution in [3.63, 3.8) is 0 Å². The molecular weight excluding hydrogens is 426 g/mol. The molecule has 2 heterocycles. The van der Waals surface area contributed by atoms with Gasteiger partial charge in [0.1, 0.15) is 12.1 Å². The normalized spacial score (nSPS) is 15.9. The number of hydrogen-bond donors (Lipinski definition) is 2. The van der Waals surface area contributed by atoms with E-state index < -0.39 is 20.5 Å². The summed E-state index contributed by atoms with van der Waals surface area (Å²) in [6, 6.07) is 5.88. The number of hydrogen-bond acceptors (Lipinski definition) is 9. The molecule has 1 aliphatic heterocycles. The molecule has 11 heteroatoms. The van der Waals surface area contributed by atoms with Gasteiger partial charge in [-0.2, -0.15) is 0 Å². The van der Waals surface area contributed by atoms with Gasteiger partial charge in [-0.15, -0.1) is 0 Å². The molecule has 2 N–H and O–H groups in total. The highest BCUT2D eigenvalue weighted by molar-refractivity contribution is 7.93. The molecule has 0 spiro atoms. The van der Waals surface area contributed by atoms with Gasteiger partial charge in [0.05, 0.1) is 24.7 Å². The van der Waals surface area contributed by atoms with Crippen LogP contribution in [0.2, 0.25) is 0 Å². The summed E-state index contributed by atoms with van der Waals surface area (Å²) in [5.74, 6) is -0.443. The van der Waals surface area contributed by atoms with E-state index in [2.05, 4.69) is 9.97 Å². The molecule has 10 nitrogen and oxygen atoms in total. The Morgan fingerprint density at radius 3 is 2.45 bits per heavy atom. The lowest BCUT2D eigenvalue weighted by atomic mass is 9.98. The zero-order valence-electron chi connectivity index (χ0n) is 16.9. The summed E-state index contributed by atoms with van der Waals surface area (Å²) in [6.07, 6.45) is 5.41. The molecular formula is C20H25N3O7S. The summed E-state index contributed by atoms with van der Waals surface area (Å²) in [4.78, 5) is 20.1. The number of ether oxygens (including phenoxy) is 3. The third-order valence-corrected chi connectivity index (χ3v) is 7.56. The zero-order valence-corrected chi connectivity index (χ0v) is 17.7. The monoisotopic (exact) mass is 451 g/mol. The summed E-state index contributed by atoms with van der Waals surface area (Å²) in [7, 11) is -4.05. The third kappa shape index (κ3) is 5.37. The van der Waals surface area contributed by atoms with E-state index in [9.17, 15) is 13.2 Å². The molecule has 0 atom stereocenters. The number of amides is 1. The first-order chi connectivity index (χ1) is 15.0. The van der Waals surface area contributed by atoms with Crippen LogP contribution >= 0.6 is 0 Å². The Balaban J connectivity index is 1.53. The topological polar surface area (TPSA) is 137 Å². The van der Waals surface area contributed by atoms with Gasteiger partial charge in [-0.3, -0.25) is 10.0 Å². The number of benzene rings is 1. The standard InChI is InChI=1S/C20H25N3O7S/c24-19(23-25)20(6-10-28-11-7-20)31(26,27)18-4-2-17(3-5-18)30-9-1-8-29-14-16-12-21-15-22-13-16/h2-5,12-13,15,25H,1,6-11,14H2,(H,23,24). The summed E-state index contributed by atoms with van der Waals surface area (Å²) in [5, 5.41) is 9.09. The molecule has 1 amide bonds. The fraction of sp³-hybridized carbons (Fsp3) is 0.450. The quantitative estimate of drug-likeness (QED) is 0.311. The van der Waals surface area contributed by atoms with Crippen LogP contribution in [0.15, 0.2) is 47.9 Å². The molecule has 0 radical (unpaired) electrons. The molecule has 1 aromatic heterocycles. The van der Waals surface area contributed by atoms with Crippen molar-refractivity contribution in [2.75, 3.05) is 26.4 Å².